The Morgan fingerprint density at radius 1 is 1.13 bits per heavy atom. The lowest BCUT2D eigenvalue weighted by Gasteiger charge is -2.10. The van der Waals surface area contributed by atoms with Crippen molar-refractivity contribution in [3.63, 3.8) is 0 Å². The molecule has 2 aromatic carbocycles. The maximum atomic E-state index is 12.7. The van der Waals surface area contributed by atoms with Crippen LogP contribution < -0.4 is 9.46 Å². The van der Waals surface area contributed by atoms with Crippen molar-refractivity contribution in [2.45, 2.75) is 4.90 Å². The van der Waals surface area contributed by atoms with E-state index in [4.69, 9.17) is 4.74 Å². The summed E-state index contributed by atoms with van der Waals surface area (Å²) in [7, 11) is -2.09. The predicted molar refractivity (Wildman–Crippen MR) is 114 cm³/mol. The highest BCUT2D eigenvalue weighted by Crippen LogP contribution is 2.33. The summed E-state index contributed by atoms with van der Waals surface area (Å²) < 4.78 is 31.9. The van der Waals surface area contributed by atoms with E-state index in [0.29, 0.717) is 21.8 Å². The van der Waals surface area contributed by atoms with Gasteiger partial charge in [0.1, 0.15) is 11.6 Å². The lowest BCUT2D eigenvalue weighted by atomic mass is 10.2. The van der Waals surface area contributed by atoms with Crippen molar-refractivity contribution in [2.75, 3.05) is 20.2 Å². The molecule has 0 unspecified atom stereocenters. The van der Waals surface area contributed by atoms with Gasteiger partial charge in [-0.15, -0.1) is 0 Å². The number of methoxy groups -OCH3 is 1. The van der Waals surface area contributed by atoms with Crippen LogP contribution in [-0.4, -0.2) is 50.5 Å². The number of amidine groups is 1. The third-order valence-corrected chi connectivity index (χ3v) is 6.86. The fourth-order valence-corrected chi connectivity index (χ4v) is 5.24. The molecule has 2 heterocycles. The molecule has 0 radical (unpaired) electrons. The van der Waals surface area contributed by atoms with Crippen molar-refractivity contribution in [3.05, 3.63) is 64.6 Å². The Hall–Kier alpha value is -3.11. The lowest BCUT2D eigenvalue weighted by molar-refractivity contribution is -0.122. The number of aliphatic imine (C=N–C) groups is 1. The van der Waals surface area contributed by atoms with Crippen LogP contribution in [0.1, 0.15) is 11.1 Å². The Bertz CT molecular complexity index is 1200. The second kappa shape index (κ2) is 7.96. The van der Waals surface area contributed by atoms with E-state index in [1.54, 1.807) is 36.4 Å². The average Bonchev–Trinajstić information content (AvgIpc) is 3.15. The summed E-state index contributed by atoms with van der Waals surface area (Å²) in [6.07, 6.45) is 1.62. The summed E-state index contributed by atoms with van der Waals surface area (Å²) in [5.74, 6) is 0.397. The molecule has 30 heavy (non-hydrogen) atoms. The molecular weight excluding hydrogens is 426 g/mol. The van der Waals surface area contributed by atoms with E-state index in [9.17, 15) is 18.0 Å². The van der Waals surface area contributed by atoms with Gasteiger partial charge in [0, 0.05) is 17.7 Å². The Morgan fingerprint density at radius 3 is 2.67 bits per heavy atom. The average molecular weight is 444 g/mol. The highest BCUT2D eigenvalue weighted by molar-refractivity contribution is 8.18. The molecule has 2 aliphatic rings. The van der Waals surface area contributed by atoms with Crippen molar-refractivity contribution in [1.82, 2.24) is 9.62 Å². The van der Waals surface area contributed by atoms with Gasteiger partial charge in [-0.3, -0.25) is 24.2 Å². The van der Waals surface area contributed by atoms with Crippen LogP contribution in [0, 0.1) is 0 Å². The number of hydrogen-bond donors (Lipinski definition) is 1. The molecule has 4 rings (SSSR count). The van der Waals surface area contributed by atoms with Gasteiger partial charge < -0.3 is 4.74 Å². The van der Waals surface area contributed by atoms with Gasteiger partial charge in [-0.25, -0.2) is 8.42 Å². The molecule has 8 nitrogen and oxygen atoms in total. The molecule has 0 atom stereocenters. The molecule has 0 aliphatic carbocycles. The maximum Gasteiger partial charge on any atom is 0.293 e. The smallest absolute Gasteiger partial charge is 0.293 e. The number of carbonyl (C=O) groups is 2. The molecular formula is C20H17N3O5S2. The number of rotatable bonds is 5. The normalized spacial score (nSPS) is 20.0. The monoisotopic (exact) mass is 443 g/mol. The van der Waals surface area contributed by atoms with E-state index >= 15 is 0 Å². The summed E-state index contributed by atoms with van der Waals surface area (Å²) in [6.45, 7) is 0.119. The number of thioether (sulfide) groups is 1. The van der Waals surface area contributed by atoms with Crippen molar-refractivity contribution in [3.8, 4) is 5.75 Å². The first-order valence-corrected chi connectivity index (χ1v) is 11.3. The minimum Gasteiger partial charge on any atom is -0.496 e. The van der Waals surface area contributed by atoms with Crippen LogP contribution >= 0.6 is 11.8 Å². The number of benzene rings is 2. The number of fused-ring (bicyclic) bond motifs is 1. The van der Waals surface area contributed by atoms with E-state index in [1.165, 1.54) is 13.2 Å². The van der Waals surface area contributed by atoms with E-state index in [2.05, 4.69) is 9.71 Å². The number of amides is 2. The quantitative estimate of drug-likeness (QED) is 0.712. The number of imide groups is 1. The van der Waals surface area contributed by atoms with Crippen LogP contribution in [-0.2, 0) is 14.8 Å². The van der Waals surface area contributed by atoms with Gasteiger partial charge in [-0.2, -0.15) is 0 Å². The van der Waals surface area contributed by atoms with Gasteiger partial charge in [-0.1, -0.05) is 30.3 Å². The molecule has 0 bridgehead atoms. The number of nitrogens with one attached hydrogen (secondary N) is 1. The summed E-state index contributed by atoms with van der Waals surface area (Å²) in [5.41, 5.74) is 1.17. The van der Waals surface area contributed by atoms with Crippen LogP contribution in [0.3, 0.4) is 0 Å². The zero-order valence-corrected chi connectivity index (χ0v) is 17.5. The van der Waals surface area contributed by atoms with E-state index in [-0.39, 0.29) is 23.8 Å². The van der Waals surface area contributed by atoms with E-state index in [0.717, 1.165) is 16.7 Å². The van der Waals surface area contributed by atoms with Crippen molar-refractivity contribution in [1.29, 1.82) is 0 Å². The SMILES string of the molecule is COc1ccccc1C=C1SC(=O)N(CCN=C2NS(=O)(=O)c3ccccc32)C1=O. The fourth-order valence-electron chi connectivity index (χ4n) is 3.13. The summed E-state index contributed by atoms with van der Waals surface area (Å²) in [6, 6.07) is 13.7. The Balaban J connectivity index is 1.49. The minimum absolute atomic E-state index is 0.0430. The summed E-state index contributed by atoms with van der Waals surface area (Å²) in [4.78, 5) is 30.8. The second-order valence-electron chi connectivity index (χ2n) is 6.41. The number of hydrogen-bond acceptors (Lipinski definition) is 7. The number of ether oxygens (including phenoxy) is 1. The number of sulfonamides is 1. The van der Waals surface area contributed by atoms with Crippen molar-refractivity contribution >= 4 is 44.8 Å². The van der Waals surface area contributed by atoms with Crippen LogP contribution in [0.2, 0.25) is 0 Å². The number of nitrogens with zero attached hydrogens (tertiary/aromatic N) is 2. The first-order chi connectivity index (χ1) is 14.4. The lowest BCUT2D eigenvalue weighted by Crippen LogP contribution is -2.31. The molecule has 1 fully saturated rings. The van der Waals surface area contributed by atoms with Crippen LogP contribution in [0.25, 0.3) is 6.08 Å². The summed E-state index contributed by atoms with van der Waals surface area (Å²) >= 11 is 0.850. The highest BCUT2D eigenvalue weighted by Gasteiger charge is 2.35. The molecule has 10 heteroatoms. The second-order valence-corrected chi connectivity index (χ2v) is 9.05. The molecule has 2 aromatic rings. The van der Waals surface area contributed by atoms with Gasteiger partial charge in [0.05, 0.1) is 23.5 Å². The minimum atomic E-state index is -3.63. The zero-order valence-electron chi connectivity index (χ0n) is 15.9. The fraction of sp³-hybridized carbons (Fsp3) is 0.150. The number of para-hydroxylation sites is 1. The van der Waals surface area contributed by atoms with Crippen LogP contribution in [0.4, 0.5) is 4.79 Å². The van der Waals surface area contributed by atoms with Crippen molar-refractivity contribution < 1.29 is 22.7 Å². The van der Waals surface area contributed by atoms with Gasteiger partial charge >= 0.3 is 0 Å². The van der Waals surface area contributed by atoms with Gasteiger partial charge in [0.25, 0.3) is 21.2 Å². The Kier molecular flexibility index (Phi) is 5.35. The molecule has 1 saturated heterocycles. The predicted octanol–water partition coefficient (Wildman–Crippen LogP) is 2.47. The van der Waals surface area contributed by atoms with Gasteiger partial charge in [0.15, 0.2) is 0 Å². The molecule has 2 aliphatic heterocycles. The molecule has 0 aromatic heterocycles. The van der Waals surface area contributed by atoms with Crippen LogP contribution in [0.15, 0.2) is 63.3 Å². The largest absolute Gasteiger partial charge is 0.496 e. The molecule has 1 N–H and O–H groups in total. The Morgan fingerprint density at radius 2 is 1.87 bits per heavy atom. The highest BCUT2D eigenvalue weighted by atomic mass is 32.2. The van der Waals surface area contributed by atoms with Crippen LogP contribution in [0.5, 0.6) is 5.75 Å². The molecule has 0 saturated carbocycles. The number of carbonyl (C=O) groups excluding carboxylic acids is 2. The first-order valence-electron chi connectivity index (χ1n) is 8.96. The van der Waals surface area contributed by atoms with E-state index < -0.39 is 21.2 Å². The Labute approximate surface area is 177 Å². The topological polar surface area (TPSA) is 105 Å². The molecule has 154 valence electrons. The molecule has 0 spiro atoms. The van der Waals surface area contributed by atoms with Gasteiger partial charge in [0.2, 0.25) is 0 Å². The van der Waals surface area contributed by atoms with E-state index in [1.807, 2.05) is 12.1 Å². The zero-order chi connectivity index (χ0) is 21.3. The third kappa shape index (κ3) is 3.71. The first kappa shape index (κ1) is 20.2. The third-order valence-electron chi connectivity index (χ3n) is 4.56. The van der Waals surface area contributed by atoms with Crippen molar-refractivity contribution in [2.24, 2.45) is 4.99 Å². The molecule has 2 amide bonds. The standard InChI is InChI=1S/C20H17N3O5S2/c1-28-15-8-4-2-6-13(15)12-16-19(24)23(20(25)29-16)11-10-21-18-14-7-3-5-9-17(14)30(26,27)22-18/h2-9,12H,10-11H2,1H3,(H,21,22). The van der Waals surface area contributed by atoms with Gasteiger partial charge in [-0.05, 0) is 36.0 Å². The maximum absolute atomic E-state index is 12.7. The summed E-state index contributed by atoms with van der Waals surface area (Å²) in [5, 5.41) is -0.395.